The SMILES string of the molecule is CCN(c1ccc([C@H](COC)CC(=O)O)cc1Nc1ccc(Cl)cn1)C1CCOCC1. The number of benzene rings is 1. The van der Waals surface area contributed by atoms with Crippen LogP contribution in [0.3, 0.4) is 0 Å². The standard InChI is InChI=1S/C23H30ClN3O4/c1-3-27(19-8-10-31-11-9-19)21-6-4-16(17(15-30-2)13-23(28)29)12-20(21)26-22-7-5-18(24)14-25-22/h4-7,12,14,17,19H,3,8-11,13,15H2,1-2H3,(H,25,26)(H,28,29)/t17-/m0/s1. The normalized spacial score (nSPS) is 15.5. The van der Waals surface area contributed by atoms with E-state index in [1.54, 1.807) is 19.4 Å². The number of anilines is 3. The molecule has 31 heavy (non-hydrogen) atoms. The molecule has 8 heteroatoms. The third-order valence-electron chi connectivity index (χ3n) is 5.55. The van der Waals surface area contributed by atoms with Crippen molar-refractivity contribution in [3.05, 3.63) is 47.1 Å². The van der Waals surface area contributed by atoms with Gasteiger partial charge in [-0.05, 0) is 49.6 Å². The van der Waals surface area contributed by atoms with Crippen LogP contribution in [0.2, 0.25) is 5.02 Å². The number of aliphatic carboxylic acids is 1. The molecule has 1 atom stereocenters. The van der Waals surface area contributed by atoms with Crippen molar-refractivity contribution in [3.63, 3.8) is 0 Å². The lowest BCUT2D eigenvalue weighted by Crippen LogP contribution is -2.39. The lowest BCUT2D eigenvalue weighted by Gasteiger charge is -2.36. The van der Waals surface area contributed by atoms with Gasteiger partial charge in [-0.25, -0.2) is 4.98 Å². The third-order valence-corrected chi connectivity index (χ3v) is 5.78. The van der Waals surface area contributed by atoms with E-state index in [1.165, 1.54) is 0 Å². The van der Waals surface area contributed by atoms with E-state index < -0.39 is 5.97 Å². The molecular weight excluding hydrogens is 418 g/mol. The summed E-state index contributed by atoms with van der Waals surface area (Å²) in [5.74, 6) is -0.418. The Balaban J connectivity index is 1.99. The number of pyridine rings is 1. The highest BCUT2D eigenvalue weighted by Crippen LogP contribution is 2.35. The van der Waals surface area contributed by atoms with Crippen molar-refractivity contribution < 1.29 is 19.4 Å². The van der Waals surface area contributed by atoms with Gasteiger partial charge in [0, 0.05) is 45.0 Å². The molecule has 0 amide bonds. The van der Waals surface area contributed by atoms with Crippen LogP contribution in [-0.2, 0) is 14.3 Å². The van der Waals surface area contributed by atoms with Gasteiger partial charge in [0.15, 0.2) is 0 Å². The molecule has 0 unspecified atom stereocenters. The van der Waals surface area contributed by atoms with E-state index in [-0.39, 0.29) is 12.3 Å². The largest absolute Gasteiger partial charge is 0.481 e. The summed E-state index contributed by atoms with van der Waals surface area (Å²) in [5.41, 5.74) is 2.85. The Morgan fingerprint density at radius 1 is 1.35 bits per heavy atom. The van der Waals surface area contributed by atoms with Gasteiger partial charge in [-0.3, -0.25) is 4.79 Å². The molecule has 1 fully saturated rings. The van der Waals surface area contributed by atoms with Gasteiger partial charge in [0.25, 0.3) is 0 Å². The van der Waals surface area contributed by atoms with Crippen LogP contribution in [0, 0.1) is 0 Å². The molecule has 0 bridgehead atoms. The number of hydrogen-bond donors (Lipinski definition) is 2. The van der Waals surface area contributed by atoms with Crippen molar-refractivity contribution in [1.29, 1.82) is 0 Å². The molecule has 168 valence electrons. The van der Waals surface area contributed by atoms with E-state index in [1.807, 2.05) is 18.2 Å². The zero-order valence-corrected chi connectivity index (χ0v) is 18.8. The fourth-order valence-corrected chi connectivity index (χ4v) is 4.16. The molecule has 0 spiro atoms. The number of nitrogens with zero attached hydrogens (tertiary/aromatic N) is 2. The monoisotopic (exact) mass is 447 g/mol. The van der Waals surface area contributed by atoms with Gasteiger partial charge in [-0.1, -0.05) is 17.7 Å². The quantitative estimate of drug-likeness (QED) is 0.546. The Labute approximate surface area is 188 Å². The lowest BCUT2D eigenvalue weighted by atomic mass is 9.95. The molecule has 0 radical (unpaired) electrons. The lowest BCUT2D eigenvalue weighted by molar-refractivity contribution is -0.137. The van der Waals surface area contributed by atoms with Gasteiger partial charge in [0.2, 0.25) is 0 Å². The van der Waals surface area contributed by atoms with Gasteiger partial charge >= 0.3 is 5.97 Å². The predicted octanol–water partition coefficient (Wildman–Crippen LogP) is 4.69. The molecule has 1 aromatic carbocycles. The first-order valence-corrected chi connectivity index (χ1v) is 11.0. The molecule has 2 N–H and O–H groups in total. The maximum absolute atomic E-state index is 11.4. The number of methoxy groups -OCH3 is 1. The van der Waals surface area contributed by atoms with Gasteiger partial charge in [-0.2, -0.15) is 0 Å². The summed E-state index contributed by atoms with van der Waals surface area (Å²) in [6.45, 7) is 4.85. The number of halogens is 1. The second-order valence-electron chi connectivity index (χ2n) is 7.64. The van der Waals surface area contributed by atoms with E-state index in [9.17, 15) is 9.90 Å². The zero-order valence-electron chi connectivity index (χ0n) is 18.0. The van der Waals surface area contributed by atoms with Crippen LogP contribution in [-0.4, -0.2) is 55.6 Å². The molecule has 3 rings (SSSR count). The highest BCUT2D eigenvalue weighted by molar-refractivity contribution is 6.30. The first kappa shape index (κ1) is 23.3. The minimum atomic E-state index is -0.850. The Hall–Kier alpha value is -2.35. The van der Waals surface area contributed by atoms with E-state index in [0.29, 0.717) is 23.5 Å². The first-order chi connectivity index (χ1) is 15.0. The Morgan fingerprint density at radius 2 is 2.13 bits per heavy atom. The minimum Gasteiger partial charge on any atom is -0.481 e. The van der Waals surface area contributed by atoms with Crippen molar-refractivity contribution in [3.8, 4) is 0 Å². The van der Waals surface area contributed by atoms with Crippen molar-refractivity contribution >= 4 is 34.8 Å². The fraction of sp³-hybridized carbons (Fsp3) is 0.478. The average Bonchev–Trinajstić information content (AvgIpc) is 2.77. The minimum absolute atomic E-state index is 0.00325. The average molecular weight is 448 g/mol. The third kappa shape index (κ3) is 6.32. The fourth-order valence-electron chi connectivity index (χ4n) is 4.05. The number of carbonyl (C=O) groups is 1. The van der Waals surface area contributed by atoms with E-state index in [2.05, 4.69) is 28.2 Å². The summed E-state index contributed by atoms with van der Waals surface area (Å²) in [7, 11) is 1.59. The van der Waals surface area contributed by atoms with Crippen LogP contribution in [0.1, 0.15) is 37.7 Å². The molecule has 2 aromatic rings. The summed E-state index contributed by atoms with van der Waals surface area (Å²) in [6.07, 6.45) is 3.55. The Kier molecular flexibility index (Phi) is 8.51. The van der Waals surface area contributed by atoms with Crippen molar-refractivity contribution in [2.45, 2.75) is 38.1 Å². The van der Waals surface area contributed by atoms with Gasteiger partial charge in [-0.15, -0.1) is 0 Å². The van der Waals surface area contributed by atoms with E-state index in [4.69, 9.17) is 21.1 Å². The molecule has 1 aliphatic rings. The maximum Gasteiger partial charge on any atom is 0.304 e. The Morgan fingerprint density at radius 3 is 2.74 bits per heavy atom. The smallest absolute Gasteiger partial charge is 0.304 e. The predicted molar refractivity (Wildman–Crippen MR) is 123 cm³/mol. The summed E-state index contributed by atoms with van der Waals surface area (Å²) in [4.78, 5) is 18.1. The topological polar surface area (TPSA) is 83.9 Å². The van der Waals surface area contributed by atoms with E-state index >= 15 is 0 Å². The number of aromatic nitrogens is 1. The molecular formula is C23H30ClN3O4. The van der Waals surface area contributed by atoms with Crippen LogP contribution in [0.4, 0.5) is 17.2 Å². The molecule has 2 heterocycles. The van der Waals surface area contributed by atoms with Crippen LogP contribution < -0.4 is 10.2 Å². The summed E-state index contributed by atoms with van der Waals surface area (Å²) in [6, 6.07) is 10.1. The second-order valence-corrected chi connectivity index (χ2v) is 8.08. The highest BCUT2D eigenvalue weighted by atomic mass is 35.5. The van der Waals surface area contributed by atoms with Crippen LogP contribution in [0.25, 0.3) is 0 Å². The molecule has 1 aliphatic heterocycles. The van der Waals surface area contributed by atoms with Gasteiger partial charge in [0.05, 0.1) is 29.4 Å². The number of hydrogen-bond acceptors (Lipinski definition) is 6. The number of carboxylic acid groups (broad SMARTS) is 1. The van der Waals surface area contributed by atoms with Crippen LogP contribution in [0.5, 0.6) is 0 Å². The van der Waals surface area contributed by atoms with Crippen molar-refractivity contribution in [2.24, 2.45) is 0 Å². The van der Waals surface area contributed by atoms with Crippen LogP contribution >= 0.6 is 11.6 Å². The van der Waals surface area contributed by atoms with E-state index in [0.717, 1.165) is 49.5 Å². The first-order valence-electron chi connectivity index (χ1n) is 10.6. The molecule has 1 saturated heterocycles. The number of ether oxygens (including phenoxy) is 2. The van der Waals surface area contributed by atoms with Crippen molar-refractivity contribution in [1.82, 2.24) is 4.98 Å². The molecule has 7 nitrogen and oxygen atoms in total. The summed E-state index contributed by atoms with van der Waals surface area (Å²) >= 11 is 5.99. The Bertz CT molecular complexity index is 856. The maximum atomic E-state index is 11.4. The van der Waals surface area contributed by atoms with Crippen molar-refractivity contribution in [2.75, 3.05) is 43.7 Å². The number of nitrogens with one attached hydrogen (secondary N) is 1. The van der Waals surface area contributed by atoms with Gasteiger partial charge in [0.1, 0.15) is 5.82 Å². The highest BCUT2D eigenvalue weighted by Gasteiger charge is 2.24. The van der Waals surface area contributed by atoms with Gasteiger partial charge < -0.3 is 24.8 Å². The number of rotatable bonds is 10. The number of carboxylic acids is 1. The van der Waals surface area contributed by atoms with Crippen LogP contribution in [0.15, 0.2) is 36.5 Å². The molecule has 0 saturated carbocycles. The zero-order chi connectivity index (χ0) is 22.2. The summed E-state index contributed by atoms with van der Waals surface area (Å²) in [5, 5.41) is 13.3. The second kappa shape index (κ2) is 11.3. The summed E-state index contributed by atoms with van der Waals surface area (Å²) < 4.78 is 10.8. The molecule has 0 aliphatic carbocycles. The molecule has 1 aromatic heterocycles.